The van der Waals surface area contributed by atoms with Crippen molar-refractivity contribution in [3.63, 3.8) is 0 Å². The van der Waals surface area contributed by atoms with Crippen molar-refractivity contribution < 1.29 is 28.5 Å². The molecule has 0 spiro atoms. The number of ether oxygens (including phenoxy) is 3. The highest BCUT2D eigenvalue weighted by Gasteiger charge is 2.30. The molecule has 1 saturated heterocycles. The lowest BCUT2D eigenvalue weighted by Gasteiger charge is -2.24. The SMILES string of the molecule is CCc1cc(O)c(F)cc1-c1cc(O[C@H]2CC[C@H](NC(=O)OC(C)(C)C)C2)c2cnn(C3CCCCO3)c2c1. The number of carbonyl (C=O) groups is 1. The number of hydrogen-bond acceptors (Lipinski definition) is 6. The highest BCUT2D eigenvalue weighted by molar-refractivity contribution is 5.91. The molecule has 0 radical (unpaired) electrons. The van der Waals surface area contributed by atoms with E-state index in [9.17, 15) is 14.3 Å². The first kappa shape index (κ1) is 27.2. The molecule has 3 atom stereocenters. The molecule has 1 unspecified atom stereocenters. The van der Waals surface area contributed by atoms with Crippen LogP contribution in [0.1, 0.15) is 78.0 Å². The van der Waals surface area contributed by atoms with Crippen molar-refractivity contribution >= 4 is 17.0 Å². The molecule has 1 aliphatic carbocycles. The molecule has 2 heterocycles. The van der Waals surface area contributed by atoms with E-state index in [-0.39, 0.29) is 24.1 Å². The lowest BCUT2D eigenvalue weighted by atomic mass is 9.96. The Kier molecular flexibility index (Phi) is 7.71. The smallest absolute Gasteiger partial charge is 0.407 e. The number of alkyl carbamates (subject to hydrolysis) is 1. The molecule has 1 amide bonds. The van der Waals surface area contributed by atoms with Crippen LogP contribution in [0.2, 0.25) is 0 Å². The quantitative estimate of drug-likeness (QED) is 0.365. The summed E-state index contributed by atoms with van der Waals surface area (Å²) in [5, 5.41) is 18.5. The van der Waals surface area contributed by atoms with E-state index in [1.54, 1.807) is 6.20 Å². The fourth-order valence-electron chi connectivity index (χ4n) is 5.51. The van der Waals surface area contributed by atoms with Crippen LogP contribution in [0.15, 0.2) is 30.5 Å². The number of carbonyl (C=O) groups excluding carboxylic acids is 1. The van der Waals surface area contributed by atoms with E-state index in [4.69, 9.17) is 14.2 Å². The van der Waals surface area contributed by atoms with E-state index in [0.29, 0.717) is 30.8 Å². The number of nitrogens with one attached hydrogen (secondary N) is 1. The fraction of sp³-hybridized carbons (Fsp3) is 0.533. The molecule has 2 N–H and O–H groups in total. The first-order valence-corrected chi connectivity index (χ1v) is 13.9. The third-order valence-corrected chi connectivity index (χ3v) is 7.37. The van der Waals surface area contributed by atoms with Gasteiger partial charge in [-0.2, -0.15) is 5.10 Å². The van der Waals surface area contributed by atoms with E-state index in [1.165, 1.54) is 12.1 Å². The van der Waals surface area contributed by atoms with Gasteiger partial charge in [0.15, 0.2) is 17.8 Å². The first-order valence-electron chi connectivity index (χ1n) is 13.9. The summed E-state index contributed by atoms with van der Waals surface area (Å²) in [4.78, 5) is 12.3. The van der Waals surface area contributed by atoms with Crippen LogP contribution in [-0.4, -0.2) is 45.3 Å². The molecule has 3 aromatic rings. The van der Waals surface area contributed by atoms with Gasteiger partial charge in [0, 0.05) is 19.1 Å². The zero-order chi connectivity index (χ0) is 27.7. The average Bonchev–Trinajstić information content (AvgIpc) is 3.51. The second-order valence-electron chi connectivity index (χ2n) is 11.5. The second-order valence-corrected chi connectivity index (χ2v) is 11.5. The third-order valence-electron chi connectivity index (χ3n) is 7.37. The predicted molar refractivity (Wildman–Crippen MR) is 146 cm³/mol. The van der Waals surface area contributed by atoms with Crippen LogP contribution >= 0.6 is 0 Å². The number of hydrogen-bond donors (Lipinski definition) is 2. The van der Waals surface area contributed by atoms with Crippen molar-refractivity contribution in [2.75, 3.05) is 6.61 Å². The van der Waals surface area contributed by atoms with Crippen molar-refractivity contribution in [3.8, 4) is 22.6 Å². The summed E-state index contributed by atoms with van der Waals surface area (Å²) in [6.45, 7) is 8.18. The topological polar surface area (TPSA) is 94.8 Å². The van der Waals surface area contributed by atoms with Gasteiger partial charge in [-0.15, -0.1) is 0 Å². The van der Waals surface area contributed by atoms with E-state index < -0.39 is 17.5 Å². The maximum Gasteiger partial charge on any atom is 0.407 e. The Morgan fingerprint density at radius 1 is 1.21 bits per heavy atom. The highest BCUT2D eigenvalue weighted by atomic mass is 19.1. The number of phenols is 1. The molecule has 39 heavy (non-hydrogen) atoms. The molecule has 8 nitrogen and oxygen atoms in total. The number of aryl methyl sites for hydroxylation is 1. The summed E-state index contributed by atoms with van der Waals surface area (Å²) in [6, 6.07) is 6.75. The molecule has 2 fully saturated rings. The minimum Gasteiger partial charge on any atom is -0.505 e. The number of amides is 1. The molecule has 9 heteroatoms. The van der Waals surface area contributed by atoms with Gasteiger partial charge in [0.25, 0.3) is 0 Å². The molecule has 1 aromatic heterocycles. The molecule has 2 aliphatic rings. The van der Waals surface area contributed by atoms with Crippen molar-refractivity contribution in [3.05, 3.63) is 41.8 Å². The Bertz CT molecular complexity index is 1340. The highest BCUT2D eigenvalue weighted by Crippen LogP contribution is 2.39. The van der Waals surface area contributed by atoms with Gasteiger partial charge in [-0.3, -0.25) is 0 Å². The zero-order valence-corrected chi connectivity index (χ0v) is 23.1. The molecule has 0 bridgehead atoms. The van der Waals surface area contributed by atoms with Gasteiger partial charge in [0.05, 0.1) is 17.1 Å². The third kappa shape index (κ3) is 6.13. The van der Waals surface area contributed by atoms with Crippen LogP contribution in [0.25, 0.3) is 22.0 Å². The van der Waals surface area contributed by atoms with E-state index in [2.05, 4.69) is 10.4 Å². The average molecular weight is 540 g/mol. The van der Waals surface area contributed by atoms with Gasteiger partial charge >= 0.3 is 6.09 Å². The Hall–Kier alpha value is -3.33. The van der Waals surface area contributed by atoms with Crippen molar-refractivity contribution in [1.29, 1.82) is 0 Å². The Morgan fingerprint density at radius 2 is 2.03 bits per heavy atom. The molecule has 5 rings (SSSR count). The first-order chi connectivity index (χ1) is 18.6. The summed E-state index contributed by atoms with van der Waals surface area (Å²) < 4.78 is 34.4. The molecule has 1 saturated carbocycles. The predicted octanol–water partition coefficient (Wildman–Crippen LogP) is 6.63. The van der Waals surface area contributed by atoms with Gasteiger partial charge in [0.1, 0.15) is 17.5 Å². The number of fused-ring (bicyclic) bond motifs is 1. The number of rotatable bonds is 6. The number of nitrogens with zero attached hydrogens (tertiary/aromatic N) is 2. The summed E-state index contributed by atoms with van der Waals surface area (Å²) >= 11 is 0. The van der Waals surface area contributed by atoms with Crippen LogP contribution in [0.3, 0.4) is 0 Å². The van der Waals surface area contributed by atoms with Gasteiger partial charge in [-0.05, 0) is 100 Å². The summed E-state index contributed by atoms with van der Waals surface area (Å²) in [7, 11) is 0. The number of phenolic OH excluding ortho intramolecular Hbond substituents is 1. The van der Waals surface area contributed by atoms with Gasteiger partial charge in [-0.25, -0.2) is 13.9 Å². The molecule has 1 aliphatic heterocycles. The summed E-state index contributed by atoms with van der Waals surface area (Å²) in [6.07, 6.45) is 6.90. The van der Waals surface area contributed by atoms with Crippen molar-refractivity contribution in [1.82, 2.24) is 15.1 Å². The van der Waals surface area contributed by atoms with E-state index in [0.717, 1.165) is 54.1 Å². The summed E-state index contributed by atoms with van der Waals surface area (Å²) in [5.74, 6) is -0.368. The number of aromatic hydroxyl groups is 1. The van der Waals surface area contributed by atoms with Gasteiger partial charge < -0.3 is 24.6 Å². The molecule has 210 valence electrons. The summed E-state index contributed by atoms with van der Waals surface area (Å²) in [5.41, 5.74) is 2.62. The number of benzene rings is 2. The van der Waals surface area contributed by atoms with Crippen LogP contribution in [0.5, 0.6) is 11.5 Å². The zero-order valence-electron chi connectivity index (χ0n) is 23.1. The second kappa shape index (κ2) is 11.0. The fourth-order valence-corrected chi connectivity index (χ4v) is 5.51. The van der Waals surface area contributed by atoms with Crippen LogP contribution in [0.4, 0.5) is 9.18 Å². The van der Waals surface area contributed by atoms with Crippen molar-refractivity contribution in [2.24, 2.45) is 0 Å². The number of aromatic nitrogens is 2. The maximum absolute atomic E-state index is 14.5. The monoisotopic (exact) mass is 539 g/mol. The lowest BCUT2D eigenvalue weighted by Crippen LogP contribution is -2.38. The largest absolute Gasteiger partial charge is 0.505 e. The maximum atomic E-state index is 14.5. The standard InChI is InChI=1S/C30H38FN3O5/c1-5-18-13-26(35)24(31)16-22(18)19-12-25-23(17-32-34(25)28-8-6-7-11-37-28)27(14-19)38-21-10-9-20(15-21)33-29(36)39-30(2,3)4/h12-14,16-17,20-21,28,35H,5-11,15H2,1-4H3,(H,33,36)/t20-,21-,28?/m0/s1. The van der Waals surface area contributed by atoms with Crippen molar-refractivity contribution in [2.45, 2.75) is 96.6 Å². The minimum absolute atomic E-state index is 0.0419. The molecule has 2 aromatic carbocycles. The van der Waals surface area contributed by atoms with Crippen LogP contribution < -0.4 is 10.1 Å². The Balaban J connectivity index is 1.47. The number of halogens is 1. The van der Waals surface area contributed by atoms with Gasteiger partial charge in [-0.1, -0.05) is 6.92 Å². The van der Waals surface area contributed by atoms with E-state index >= 15 is 0 Å². The lowest BCUT2D eigenvalue weighted by molar-refractivity contribution is -0.0366. The van der Waals surface area contributed by atoms with Crippen LogP contribution in [-0.2, 0) is 15.9 Å². The Labute approximate surface area is 228 Å². The van der Waals surface area contributed by atoms with Crippen LogP contribution in [0, 0.1) is 5.82 Å². The van der Waals surface area contributed by atoms with E-state index in [1.807, 2.05) is 44.5 Å². The molecular weight excluding hydrogens is 501 g/mol. The Morgan fingerprint density at radius 3 is 2.74 bits per heavy atom. The van der Waals surface area contributed by atoms with Gasteiger partial charge in [0.2, 0.25) is 0 Å². The minimum atomic E-state index is -0.666. The normalized spacial score (nSPS) is 21.7. The molecular formula is C30H38FN3O5.